The van der Waals surface area contributed by atoms with E-state index < -0.39 is 6.04 Å². The van der Waals surface area contributed by atoms with E-state index >= 15 is 0 Å². The summed E-state index contributed by atoms with van der Waals surface area (Å²) in [6.07, 6.45) is 0.119. The third-order valence-electron chi connectivity index (χ3n) is 4.70. The standard InChI is InChI=1S/C24H21N3O2S/c1-17(28)25-21(18-10-4-2-5-11-18)16-23(29)27(19-12-6-3-7-13-19)24-26-20-14-8-9-15-22(20)30-24/h2-15,21H,16H2,1H3,(H,25,28)/t21-/m0/s1. The predicted octanol–water partition coefficient (Wildman–Crippen LogP) is 5.23. The van der Waals surface area contributed by atoms with Gasteiger partial charge >= 0.3 is 0 Å². The molecule has 1 atom stereocenters. The van der Waals surface area contributed by atoms with Crippen LogP contribution in [0.15, 0.2) is 84.9 Å². The van der Waals surface area contributed by atoms with Gasteiger partial charge in [0.05, 0.1) is 28.4 Å². The lowest BCUT2D eigenvalue weighted by Crippen LogP contribution is -2.33. The summed E-state index contributed by atoms with van der Waals surface area (Å²) < 4.78 is 1.02. The van der Waals surface area contributed by atoms with Gasteiger partial charge in [-0.2, -0.15) is 0 Å². The largest absolute Gasteiger partial charge is 0.349 e. The molecular weight excluding hydrogens is 394 g/mol. The molecule has 150 valence electrons. The van der Waals surface area contributed by atoms with Gasteiger partial charge in [0.1, 0.15) is 0 Å². The van der Waals surface area contributed by atoms with E-state index in [2.05, 4.69) is 10.3 Å². The number of nitrogens with one attached hydrogen (secondary N) is 1. The first kappa shape index (κ1) is 19.8. The van der Waals surface area contributed by atoms with Gasteiger partial charge in [-0.1, -0.05) is 72.0 Å². The van der Waals surface area contributed by atoms with Crippen LogP contribution < -0.4 is 10.2 Å². The molecule has 0 spiro atoms. The summed E-state index contributed by atoms with van der Waals surface area (Å²) in [6, 6.07) is 26.4. The number of rotatable bonds is 6. The summed E-state index contributed by atoms with van der Waals surface area (Å²) in [5.74, 6) is -0.314. The monoisotopic (exact) mass is 415 g/mol. The van der Waals surface area contributed by atoms with Gasteiger partial charge in [0, 0.05) is 6.92 Å². The minimum absolute atomic E-state index is 0.119. The molecule has 0 bridgehead atoms. The van der Waals surface area contributed by atoms with Crippen LogP contribution >= 0.6 is 11.3 Å². The molecule has 4 aromatic rings. The average molecular weight is 416 g/mol. The number of nitrogens with zero attached hydrogens (tertiary/aromatic N) is 2. The van der Waals surface area contributed by atoms with Gasteiger partial charge in [-0.3, -0.25) is 14.5 Å². The molecule has 2 amide bonds. The van der Waals surface area contributed by atoms with Gasteiger partial charge in [-0.25, -0.2) is 4.98 Å². The normalized spacial score (nSPS) is 11.8. The van der Waals surface area contributed by atoms with Crippen molar-refractivity contribution in [3.05, 3.63) is 90.5 Å². The Balaban J connectivity index is 1.71. The van der Waals surface area contributed by atoms with Crippen LogP contribution in [-0.2, 0) is 9.59 Å². The van der Waals surface area contributed by atoms with Crippen LogP contribution in [0.1, 0.15) is 24.9 Å². The van der Waals surface area contributed by atoms with Crippen molar-refractivity contribution in [2.45, 2.75) is 19.4 Å². The number of benzene rings is 3. The van der Waals surface area contributed by atoms with Crippen LogP contribution in [0.3, 0.4) is 0 Å². The van der Waals surface area contributed by atoms with Crippen molar-refractivity contribution in [3.8, 4) is 0 Å². The number of fused-ring (bicyclic) bond motifs is 1. The molecule has 1 heterocycles. The molecule has 6 heteroatoms. The second kappa shape index (κ2) is 8.88. The minimum Gasteiger partial charge on any atom is -0.349 e. The van der Waals surface area contributed by atoms with Crippen LogP contribution in [-0.4, -0.2) is 16.8 Å². The Kier molecular flexibility index (Phi) is 5.86. The molecular formula is C24H21N3O2S. The summed E-state index contributed by atoms with van der Waals surface area (Å²) in [4.78, 5) is 31.6. The third kappa shape index (κ3) is 4.39. The van der Waals surface area contributed by atoms with Crippen molar-refractivity contribution in [2.24, 2.45) is 0 Å². The molecule has 3 aromatic carbocycles. The second-order valence-corrected chi connectivity index (χ2v) is 7.91. The van der Waals surface area contributed by atoms with Gasteiger partial charge in [0.15, 0.2) is 5.13 Å². The number of carbonyl (C=O) groups excluding carboxylic acids is 2. The van der Waals surface area contributed by atoms with E-state index in [9.17, 15) is 9.59 Å². The Morgan fingerprint density at radius 1 is 0.933 bits per heavy atom. The molecule has 0 unspecified atom stereocenters. The van der Waals surface area contributed by atoms with E-state index in [0.29, 0.717) is 5.13 Å². The zero-order chi connectivity index (χ0) is 20.9. The molecule has 0 aliphatic rings. The van der Waals surface area contributed by atoms with Crippen LogP contribution in [0.2, 0.25) is 0 Å². The van der Waals surface area contributed by atoms with Gasteiger partial charge in [0.2, 0.25) is 11.8 Å². The molecule has 4 rings (SSSR count). The summed E-state index contributed by atoms with van der Waals surface area (Å²) in [7, 11) is 0. The fraction of sp³-hybridized carbons (Fsp3) is 0.125. The highest BCUT2D eigenvalue weighted by Crippen LogP contribution is 2.34. The fourth-order valence-corrected chi connectivity index (χ4v) is 4.35. The number of para-hydroxylation sites is 2. The number of anilines is 2. The van der Waals surface area contributed by atoms with E-state index in [-0.39, 0.29) is 18.2 Å². The van der Waals surface area contributed by atoms with Crippen molar-refractivity contribution in [1.82, 2.24) is 10.3 Å². The van der Waals surface area contributed by atoms with E-state index in [1.54, 1.807) is 4.90 Å². The molecule has 0 aliphatic heterocycles. The maximum Gasteiger partial charge on any atom is 0.235 e. The Hall–Kier alpha value is -3.51. The Morgan fingerprint density at radius 2 is 1.57 bits per heavy atom. The third-order valence-corrected chi connectivity index (χ3v) is 5.72. The predicted molar refractivity (Wildman–Crippen MR) is 121 cm³/mol. The molecule has 0 fully saturated rings. The van der Waals surface area contributed by atoms with Crippen LogP contribution in [0.25, 0.3) is 10.2 Å². The second-order valence-electron chi connectivity index (χ2n) is 6.90. The number of hydrogen-bond donors (Lipinski definition) is 1. The fourth-order valence-electron chi connectivity index (χ4n) is 3.34. The smallest absolute Gasteiger partial charge is 0.235 e. The summed E-state index contributed by atoms with van der Waals surface area (Å²) in [5, 5.41) is 3.52. The topological polar surface area (TPSA) is 62.3 Å². The Morgan fingerprint density at radius 3 is 2.23 bits per heavy atom. The van der Waals surface area contributed by atoms with Gasteiger partial charge in [-0.15, -0.1) is 0 Å². The number of aromatic nitrogens is 1. The van der Waals surface area contributed by atoms with Gasteiger partial charge < -0.3 is 5.32 Å². The van der Waals surface area contributed by atoms with Crippen molar-refractivity contribution in [1.29, 1.82) is 0 Å². The molecule has 5 nitrogen and oxygen atoms in total. The van der Waals surface area contributed by atoms with Crippen LogP contribution in [0, 0.1) is 0 Å². The minimum atomic E-state index is -0.420. The van der Waals surface area contributed by atoms with Crippen molar-refractivity contribution in [2.75, 3.05) is 4.90 Å². The van der Waals surface area contributed by atoms with Crippen molar-refractivity contribution >= 4 is 44.2 Å². The zero-order valence-corrected chi connectivity index (χ0v) is 17.3. The number of thiazole rings is 1. The summed E-state index contributed by atoms with van der Waals surface area (Å²) in [6.45, 7) is 1.46. The zero-order valence-electron chi connectivity index (χ0n) is 16.5. The lowest BCUT2D eigenvalue weighted by Gasteiger charge is -2.24. The highest BCUT2D eigenvalue weighted by Gasteiger charge is 2.26. The van der Waals surface area contributed by atoms with E-state index in [0.717, 1.165) is 21.5 Å². The first-order chi connectivity index (χ1) is 14.6. The van der Waals surface area contributed by atoms with E-state index in [4.69, 9.17) is 0 Å². The molecule has 30 heavy (non-hydrogen) atoms. The van der Waals surface area contributed by atoms with Crippen molar-refractivity contribution in [3.63, 3.8) is 0 Å². The van der Waals surface area contributed by atoms with E-state index in [1.165, 1.54) is 18.3 Å². The van der Waals surface area contributed by atoms with Crippen LogP contribution in [0.5, 0.6) is 0 Å². The maximum atomic E-state index is 13.5. The van der Waals surface area contributed by atoms with Crippen LogP contribution in [0.4, 0.5) is 10.8 Å². The van der Waals surface area contributed by atoms with Crippen molar-refractivity contribution < 1.29 is 9.59 Å². The summed E-state index contributed by atoms with van der Waals surface area (Å²) in [5.41, 5.74) is 2.49. The lowest BCUT2D eigenvalue weighted by atomic mass is 10.0. The molecule has 0 aliphatic carbocycles. The Labute approximate surface area is 179 Å². The SMILES string of the molecule is CC(=O)N[C@@H](CC(=O)N(c1ccccc1)c1nc2ccccc2s1)c1ccccc1. The maximum absolute atomic E-state index is 13.5. The molecule has 0 radical (unpaired) electrons. The van der Waals surface area contributed by atoms with Gasteiger partial charge in [0.25, 0.3) is 0 Å². The number of amides is 2. The highest BCUT2D eigenvalue weighted by molar-refractivity contribution is 7.22. The number of hydrogen-bond acceptors (Lipinski definition) is 4. The Bertz CT molecular complexity index is 1130. The molecule has 1 N–H and O–H groups in total. The van der Waals surface area contributed by atoms with Gasteiger partial charge in [-0.05, 0) is 29.8 Å². The molecule has 0 saturated carbocycles. The first-order valence-electron chi connectivity index (χ1n) is 9.67. The summed E-state index contributed by atoms with van der Waals surface area (Å²) >= 11 is 1.47. The first-order valence-corrected chi connectivity index (χ1v) is 10.5. The lowest BCUT2D eigenvalue weighted by molar-refractivity contribution is -0.121. The quantitative estimate of drug-likeness (QED) is 0.469. The van der Waals surface area contributed by atoms with E-state index in [1.807, 2.05) is 84.9 Å². The average Bonchev–Trinajstić information content (AvgIpc) is 3.18. The highest BCUT2D eigenvalue weighted by atomic mass is 32.1. The molecule has 1 aromatic heterocycles. The molecule has 0 saturated heterocycles. The number of carbonyl (C=O) groups is 2.